The lowest BCUT2D eigenvalue weighted by Crippen LogP contribution is -2.01. The molecule has 9 aromatic rings. The molecule has 9 rings (SSSR count). The number of furan rings is 1. The van der Waals surface area contributed by atoms with E-state index in [4.69, 9.17) is 19.4 Å². The quantitative estimate of drug-likeness (QED) is 0.209. The smallest absolute Gasteiger partial charge is 0.165 e. The average Bonchev–Trinajstić information content (AvgIpc) is 3.48. The van der Waals surface area contributed by atoms with Crippen molar-refractivity contribution in [1.82, 2.24) is 15.0 Å². The molecule has 0 unspecified atom stereocenters. The van der Waals surface area contributed by atoms with Crippen LogP contribution in [0.15, 0.2) is 156 Å². The Labute approximate surface area is 259 Å². The molecule has 7 aromatic carbocycles. The van der Waals surface area contributed by atoms with Crippen molar-refractivity contribution in [3.05, 3.63) is 152 Å². The molecule has 0 aliphatic rings. The lowest BCUT2D eigenvalue weighted by molar-refractivity contribution is 0.669. The zero-order chi connectivity index (χ0) is 29.7. The highest BCUT2D eigenvalue weighted by atomic mass is 16.3. The van der Waals surface area contributed by atoms with Gasteiger partial charge >= 0.3 is 0 Å². The van der Waals surface area contributed by atoms with Crippen molar-refractivity contribution in [1.29, 1.82) is 0 Å². The van der Waals surface area contributed by atoms with Gasteiger partial charge in [0.1, 0.15) is 11.2 Å². The first-order valence-corrected chi connectivity index (χ1v) is 15.0. The molecule has 45 heavy (non-hydrogen) atoms. The van der Waals surface area contributed by atoms with Gasteiger partial charge in [0.15, 0.2) is 17.5 Å². The fourth-order valence-corrected chi connectivity index (χ4v) is 6.31. The molecule has 4 nitrogen and oxygen atoms in total. The topological polar surface area (TPSA) is 51.8 Å². The summed E-state index contributed by atoms with van der Waals surface area (Å²) in [6.07, 6.45) is 0. The highest BCUT2D eigenvalue weighted by molar-refractivity contribution is 6.17. The SMILES string of the molecule is c1ccc(-c2nc(-c3ccc4ccccc4c3)nc(-c3c(-c4ccccc4)ccc4oc5cc6ccccc6cc5c34)n2)cc1. The first kappa shape index (κ1) is 25.4. The molecule has 210 valence electrons. The minimum absolute atomic E-state index is 0.604. The molecule has 0 aliphatic carbocycles. The molecular weight excluding hydrogens is 550 g/mol. The third-order valence-electron chi connectivity index (χ3n) is 8.49. The van der Waals surface area contributed by atoms with E-state index in [-0.39, 0.29) is 0 Å². The van der Waals surface area contributed by atoms with Gasteiger partial charge in [-0.1, -0.05) is 121 Å². The summed E-state index contributed by atoms with van der Waals surface area (Å²) >= 11 is 0. The summed E-state index contributed by atoms with van der Waals surface area (Å²) in [5, 5.41) is 6.63. The first-order valence-electron chi connectivity index (χ1n) is 15.0. The van der Waals surface area contributed by atoms with Crippen LogP contribution in [0, 0.1) is 0 Å². The fraction of sp³-hybridized carbons (Fsp3) is 0. The van der Waals surface area contributed by atoms with E-state index in [1.807, 2.05) is 36.4 Å². The van der Waals surface area contributed by atoms with Crippen molar-refractivity contribution < 1.29 is 4.42 Å². The summed E-state index contributed by atoms with van der Waals surface area (Å²) in [7, 11) is 0. The summed E-state index contributed by atoms with van der Waals surface area (Å²) in [5.41, 5.74) is 6.54. The van der Waals surface area contributed by atoms with Crippen LogP contribution in [0.5, 0.6) is 0 Å². The number of hydrogen-bond acceptors (Lipinski definition) is 4. The van der Waals surface area contributed by atoms with Gasteiger partial charge in [0.2, 0.25) is 0 Å². The van der Waals surface area contributed by atoms with Crippen molar-refractivity contribution in [2.24, 2.45) is 0 Å². The largest absolute Gasteiger partial charge is 0.456 e. The second kappa shape index (κ2) is 10.2. The second-order valence-electron chi connectivity index (χ2n) is 11.3. The van der Waals surface area contributed by atoms with Crippen LogP contribution in [0.1, 0.15) is 0 Å². The van der Waals surface area contributed by atoms with Crippen molar-refractivity contribution in [2.45, 2.75) is 0 Å². The van der Waals surface area contributed by atoms with Crippen LogP contribution >= 0.6 is 0 Å². The van der Waals surface area contributed by atoms with Crippen molar-refractivity contribution in [2.75, 3.05) is 0 Å². The van der Waals surface area contributed by atoms with Gasteiger partial charge in [0.05, 0.1) is 0 Å². The van der Waals surface area contributed by atoms with Crippen LogP contribution in [0.3, 0.4) is 0 Å². The van der Waals surface area contributed by atoms with Gasteiger partial charge in [-0.25, -0.2) is 15.0 Å². The number of hydrogen-bond donors (Lipinski definition) is 0. The summed E-state index contributed by atoms with van der Waals surface area (Å²) < 4.78 is 6.52. The molecule has 0 N–H and O–H groups in total. The van der Waals surface area contributed by atoms with Crippen LogP contribution in [0.25, 0.3) is 88.8 Å². The Morgan fingerprint density at radius 3 is 1.69 bits per heavy atom. The van der Waals surface area contributed by atoms with Crippen LogP contribution in [-0.4, -0.2) is 15.0 Å². The maximum absolute atomic E-state index is 6.52. The molecule has 0 fully saturated rings. The van der Waals surface area contributed by atoms with E-state index < -0.39 is 0 Å². The minimum Gasteiger partial charge on any atom is -0.456 e. The highest BCUT2D eigenvalue weighted by Crippen LogP contribution is 2.43. The molecule has 0 spiro atoms. The lowest BCUT2D eigenvalue weighted by Gasteiger charge is -2.13. The zero-order valence-electron chi connectivity index (χ0n) is 24.2. The van der Waals surface area contributed by atoms with E-state index in [0.717, 1.165) is 65.9 Å². The van der Waals surface area contributed by atoms with Crippen molar-refractivity contribution >= 4 is 43.5 Å². The maximum atomic E-state index is 6.52. The molecule has 0 saturated carbocycles. The number of rotatable bonds is 4. The first-order chi connectivity index (χ1) is 22.3. The monoisotopic (exact) mass is 575 g/mol. The summed E-state index contributed by atoms with van der Waals surface area (Å²) in [5.74, 6) is 1.85. The van der Waals surface area contributed by atoms with Gasteiger partial charge in [-0.15, -0.1) is 0 Å². The zero-order valence-corrected chi connectivity index (χ0v) is 24.2. The predicted molar refractivity (Wildman–Crippen MR) is 184 cm³/mol. The highest BCUT2D eigenvalue weighted by Gasteiger charge is 2.22. The van der Waals surface area contributed by atoms with Gasteiger partial charge in [-0.3, -0.25) is 0 Å². The van der Waals surface area contributed by atoms with E-state index >= 15 is 0 Å². The molecule has 2 aromatic heterocycles. The Bertz CT molecular complexity index is 2540. The summed E-state index contributed by atoms with van der Waals surface area (Å²) in [6.45, 7) is 0. The molecule has 0 saturated heterocycles. The Hall–Kier alpha value is -6.13. The third-order valence-corrected chi connectivity index (χ3v) is 8.49. The van der Waals surface area contributed by atoms with E-state index in [0.29, 0.717) is 17.5 Å². The standard InChI is InChI=1S/C41H25N3O/c1-3-12-27(13-4-1)33-21-22-35-37(34-24-30-17-9-10-18-31(30)25-36(34)45-35)38(33)41-43-39(28-14-5-2-6-15-28)42-40(44-41)32-20-19-26-11-7-8-16-29(26)23-32/h1-25H. The van der Waals surface area contributed by atoms with Gasteiger partial charge < -0.3 is 4.42 Å². The average molecular weight is 576 g/mol. The maximum Gasteiger partial charge on any atom is 0.165 e. The summed E-state index contributed by atoms with van der Waals surface area (Å²) in [4.78, 5) is 15.4. The van der Waals surface area contributed by atoms with Crippen molar-refractivity contribution in [3.63, 3.8) is 0 Å². The van der Waals surface area contributed by atoms with Gasteiger partial charge in [0, 0.05) is 27.5 Å². The molecule has 0 bridgehead atoms. The Kier molecular flexibility index (Phi) is 5.78. The Morgan fingerprint density at radius 1 is 0.378 bits per heavy atom. The van der Waals surface area contributed by atoms with Gasteiger partial charge in [0.25, 0.3) is 0 Å². The lowest BCUT2D eigenvalue weighted by atomic mass is 9.94. The third kappa shape index (κ3) is 4.35. The molecule has 0 aliphatic heterocycles. The fourth-order valence-electron chi connectivity index (χ4n) is 6.31. The minimum atomic E-state index is 0.604. The van der Waals surface area contributed by atoms with Gasteiger partial charge in [-0.2, -0.15) is 0 Å². The van der Waals surface area contributed by atoms with E-state index in [1.165, 1.54) is 5.39 Å². The Balaban J connectivity index is 1.39. The van der Waals surface area contributed by atoms with E-state index in [2.05, 4.69) is 115 Å². The molecular formula is C41H25N3O. The number of fused-ring (bicyclic) bond motifs is 5. The molecule has 0 amide bonds. The van der Waals surface area contributed by atoms with E-state index in [9.17, 15) is 0 Å². The molecule has 2 heterocycles. The molecule has 4 heteroatoms. The van der Waals surface area contributed by atoms with E-state index in [1.54, 1.807) is 0 Å². The number of nitrogens with zero attached hydrogens (tertiary/aromatic N) is 3. The molecule has 0 radical (unpaired) electrons. The number of aromatic nitrogens is 3. The van der Waals surface area contributed by atoms with Crippen LogP contribution in [-0.2, 0) is 0 Å². The Morgan fingerprint density at radius 2 is 0.956 bits per heavy atom. The van der Waals surface area contributed by atoms with Gasteiger partial charge in [-0.05, 0) is 63.0 Å². The van der Waals surface area contributed by atoms with Crippen molar-refractivity contribution in [3.8, 4) is 45.3 Å². The predicted octanol–water partition coefficient (Wildman–Crippen LogP) is 10.7. The second-order valence-corrected chi connectivity index (χ2v) is 11.3. The summed E-state index contributed by atoms with van der Waals surface area (Å²) in [6, 6.07) is 52.2. The van der Waals surface area contributed by atoms with Crippen LogP contribution < -0.4 is 0 Å². The molecule has 0 atom stereocenters. The van der Waals surface area contributed by atoms with Crippen LogP contribution in [0.4, 0.5) is 0 Å². The number of benzene rings is 7. The van der Waals surface area contributed by atoms with Crippen LogP contribution in [0.2, 0.25) is 0 Å². The normalized spacial score (nSPS) is 11.6.